The molecule has 0 saturated carbocycles. The second-order valence-corrected chi connectivity index (χ2v) is 4.60. The molecule has 0 unspecified atom stereocenters. The van der Waals surface area contributed by atoms with Crippen LogP contribution in [0.1, 0.15) is 25.8 Å². The summed E-state index contributed by atoms with van der Waals surface area (Å²) in [5.41, 5.74) is 1.18. The largest absolute Gasteiger partial charge is 0.496 e. The molecular formula is C13H20ClNO. The molecule has 0 heterocycles. The highest BCUT2D eigenvalue weighted by Crippen LogP contribution is 2.23. The summed E-state index contributed by atoms with van der Waals surface area (Å²) in [6.45, 7) is 5.33. The van der Waals surface area contributed by atoms with Gasteiger partial charge >= 0.3 is 0 Å². The monoisotopic (exact) mass is 241 g/mol. The minimum Gasteiger partial charge on any atom is -0.496 e. The molecule has 1 N–H and O–H groups in total. The fourth-order valence-electron chi connectivity index (χ4n) is 1.61. The van der Waals surface area contributed by atoms with Crippen LogP contribution in [0, 0.1) is 0 Å². The first kappa shape index (κ1) is 13.3. The average Bonchev–Trinajstić information content (AvgIpc) is 2.24. The lowest BCUT2D eigenvalue weighted by atomic mass is 10.1. The lowest BCUT2D eigenvalue weighted by Crippen LogP contribution is -2.23. The van der Waals surface area contributed by atoms with Crippen LogP contribution in [0.25, 0.3) is 0 Å². The van der Waals surface area contributed by atoms with Gasteiger partial charge in [0.1, 0.15) is 5.75 Å². The van der Waals surface area contributed by atoms with E-state index in [-0.39, 0.29) is 0 Å². The number of methoxy groups -OCH3 is 1. The minimum absolute atomic E-state index is 0.543. The highest BCUT2D eigenvalue weighted by atomic mass is 35.5. The Balaban J connectivity index is 2.48. The number of aryl methyl sites for hydroxylation is 1. The number of nitrogens with one attached hydrogen (secondary N) is 1. The van der Waals surface area contributed by atoms with Gasteiger partial charge in [0.15, 0.2) is 0 Å². The highest BCUT2D eigenvalue weighted by molar-refractivity contribution is 6.30. The molecule has 90 valence electrons. The van der Waals surface area contributed by atoms with Gasteiger partial charge in [0.05, 0.1) is 7.11 Å². The first-order chi connectivity index (χ1) is 7.63. The molecule has 2 nitrogen and oxygen atoms in total. The van der Waals surface area contributed by atoms with Gasteiger partial charge in [-0.2, -0.15) is 0 Å². The maximum Gasteiger partial charge on any atom is 0.122 e. The fraction of sp³-hybridized carbons (Fsp3) is 0.538. The summed E-state index contributed by atoms with van der Waals surface area (Å²) in [6.07, 6.45) is 2.08. The Bertz CT molecular complexity index is 326. The van der Waals surface area contributed by atoms with Gasteiger partial charge in [-0.05, 0) is 43.1 Å². The van der Waals surface area contributed by atoms with Crippen LogP contribution in [0.4, 0.5) is 0 Å². The molecule has 16 heavy (non-hydrogen) atoms. The molecule has 0 amide bonds. The van der Waals surface area contributed by atoms with E-state index in [0.29, 0.717) is 6.04 Å². The first-order valence-electron chi connectivity index (χ1n) is 5.69. The van der Waals surface area contributed by atoms with Crippen molar-refractivity contribution in [3.8, 4) is 5.75 Å². The van der Waals surface area contributed by atoms with Gasteiger partial charge in [0, 0.05) is 11.1 Å². The van der Waals surface area contributed by atoms with Gasteiger partial charge < -0.3 is 10.1 Å². The van der Waals surface area contributed by atoms with E-state index in [9.17, 15) is 0 Å². The van der Waals surface area contributed by atoms with E-state index in [1.165, 1.54) is 5.56 Å². The van der Waals surface area contributed by atoms with E-state index < -0.39 is 0 Å². The Hall–Kier alpha value is -0.730. The van der Waals surface area contributed by atoms with Crippen LogP contribution in [0.3, 0.4) is 0 Å². The van der Waals surface area contributed by atoms with E-state index in [1.807, 2.05) is 18.2 Å². The summed E-state index contributed by atoms with van der Waals surface area (Å²) >= 11 is 5.97. The van der Waals surface area contributed by atoms with Crippen LogP contribution >= 0.6 is 11.6 Å². The number of ether oxygens (including phenoxy) is 1. The number of halogens is 1. The molecule has 3 heteroatoms. The highest BCUT2D eigenvalue weighted by Gasteiger charge is 2.03. The third kappa shape index (κ3) is 4.42. The fourth-order valence-corrected chi connectivity index (χ4v) is 1.81. The lowest BCUT2D eigenvalue weighted by Gasteiger charge is -2.10. The second kappa shape index (κ2) is 6.77. The maximum absolute atomic E-state index is 5.97. The van der Waals surface area contributed by atoms with Crippen LogP contribution in [0.15, 0.2) is 18.2 Å². The molecule has 0 spiro atoms. The van der Waals surface area contributed by atoms with Crippen molar-refractivity contribution < 1.29 is 4.74 Å². The van der Waals surface area contributed by atoms with E-state index >= 15 is 0 Å². The van der Waals surface area contributed by atoms with E-state index in [1.54, 1.807) is 7.11 Å². The summed E-state index contributed by atoms with van der Waals surface area (Å²) in [5.74, 6) is 0.925. The Morgan fingerprint density at radius 2 is 2.12 bits per heavy atom. The third-order valence-electron chi connectivity index (χ3n) is 2.42. The van der Waals surface area contributed by atoms with Crippen molar-refractivity contribution in [1.29, 1.82) is 0 Å². The quantitative estimate of drug-likeness (QED) is 0.772. The van der Waals surface area contributed by atoms with Crippen molar-refractivity contribution in [2.45, 2.75) is 32.7 Å². The summed E-state index contributed by atoms with van der Waals surface area (Å²) in [6, 6.07) is 6.31. The number of hydrogen-bond acceptors (Lipinski definition) is 2. The van der Waals surface area contributed by atoms with Gasteiger partial charge in [-0.3, -0.25) is 0 Å². The second-order valence-electron chi connectivity index (χ2n) is 4.17. The van der Waals surface area contributed by atoms with Crippen LogP contribution in [0.2, 0.25) is 5.02 Å². The van der Waals surface area contributed by atoms with Gasteiger partial charge in [-0.15, -0.1) is 0 Å². The number of benzene rings is 1. The molecule has 0 aliphatic heterocycles. The van der Waals surface area contributed by atoms with Crippen molar-refractivity contribution in [1.82, 2.24) is 5.32 Å². The normalized spacial score (nSPS) is 10.8. The molecule has 0 fully saturated rings. The van der Waals surface area contributed by atoms with E-state index in [0.717, 1.165) is 30.2 Å². The smallest absolute Gasteiger partial charge is 0.122 e. The van der Waals surface area contributed by atoms with E-state index in [2.05, 4.69) is 19.2 Å². The molecule has 0 radical (unpaired) electrons. The summed E-state index contributed by atoms with van der Waals surface area (Å²) < 4.78 is 5.30. The molecule has 0 aromatic heterocycles. The van der Waals surface area contributed by atoms with Crippen LogP contribution in [-0.4, -0.2) is 19.7 Å². The summed E-state index contributed by atoms with van der Waals surface area (Å²) in [5, 5.41) is 4.16. The Morgan fingerprint density at radius 1 is 1.38 bits per heavy atom. The zero-order chi connectivity index (χ0) is 12.0. The Kier molecular flexibility index (Phi) is 5.64. The molecule has 0 bridgehead atoms. The van der Waals surface area contributed by atoms with Crippen molar-refractivity contribution in [2.75, 3.05) is 13.7 Å². The van der Waals surface area contributed by atoms with Gasteiger partial charge in [0.25, 0.3) is 0 Å². The molecular weight excluding hydrogens is 222 g/mol. The molecule has 1 rings (SSSR count). The topological polar surface area (TPSA) is 21.3 Å². The summed E-state index contributed by atoms with van der Waals surface area (Å²) in [7, 11) is 1.69. The predicted molar refractivity (Wildman–Crippen MR) is 69.5 cm³/mol. The third-order valence-corrected chi connectivity index (χ3v) is 2.65. The zero-order valence-electron chi connectivity index (χ0n) is 10.2. The van der Waals surface area contributed by atoms with Crippen LogP contribution < -0.4 is 10.1 Å². The van der Waals surface area contributed by atoms with Crippen LogP contribution in [0.5, 0.6) is 5.75 Å². The lowest BCUT2D eigenvalue weighted by molar-refractivity contribution is 0.408. The van der Waals surface area contributed by atoms with Gasteiger partial charge in [0.2, 0.25) is 0 Å². The van der Waals surface area contributed by atoms with Crippen molar-refractivity contribution >= 4 is 11.6 Å². The van der Waals surface area contributed by atoms with Crippen molar-refractivity contribution in [3.05, 3.63) is 28.8 Å². The molecule has 0 atom stereocenters. The average molecular weight is 242 g/mol. The Labute approximate surface area is 103 Å². The Morgan fingerprint density at radius 3 is 2.75 bits per heavy atom. The molecule has 0 aliphatic rings. The SMILES string of the molecule is COc1ccc(Cl)cc1CCCNC(C)C. The number of hydrogen-bond donors (Lipinski definition) is 1. The van der Waals surface area contributed by atoms with Crippen LogP contribution in [-0.2, 0) is 6.42 Å². The molecule has 0 saturated heterocycles. The van der Waals surface area contributed by atoms with Crippen molar-refractivity contribution in [2.24, 2.45) is 0 Å². The van der Waals surface area contributed by atoms with E-state index in [4.69, 9.17) is 16.3 Å². The standard InChI is InChI=1S/C13H20ClNO/c1-10(2)15-8-4-5-11-9-12(14)6-7-13(11)16-3/h6-7,9-10,15H,4-5,8H2,1-3H3. The van der Waals surface area contributed by atoms with Crippen molar-refractivity contribution in [3.63, 3.8) is 0 Å². The van der Waals surface area contributed by atoms with Gasteiger partial charge in [-0.25, -0.2) is 0 Å². The summed E-state index contributed by atoms with van der Waals surface area (Å²) in [4.78, 5) is 0. The molecule has 0 aliphatic carbocycles. The van der Waals surface area contributed by atoms with Gasteiger partial charge in [-0.1, -0.05) is 25.4 Å². The minimum atomic E-state index is 0.543. The molecule has 1 aromatic rings. The first-order valence-corrected chi connectivity index (χ1v) is 6.07. The maximum atomic E-state index is 5.97. The number of rotatable bonds is 6. The molecule has 1 aromatic carbocycles. The zero-order valence-corrected chi connectivity index (χ0v) is 11.0. The predicted octanol–water partition coefficient (Wildman–Crippen LogP) is 3.28.